The number of hydrogen-bond acceptors (Lipinski definition) is 2. The maximum atomic E-state index is 12.9. The number of benzene rings is 2. The summed E-state index contributed by atoms with van der Waals surface area (Å²) >= 11 is 3.34. The van der Waals surface area contributed by atoms with Gasteiger partial charge in [0.05, 0.1) is 5.69 Å². The van der Waals surface area contributed by atoms with Crippen LogP contribution in [0.3, 0.4) is 0 Å². The van der Waals surface area contributed by atoms with E-state index in [1.54, 1.807) is 30.3 Å². The van der Waals surface area contributed by atoms with E-state index in [4.69, 9.17) is 0 Å². The highest BCUT2D eigenvalue weighted by Gasteiger charge is 2.02. The molecule has 0 heterocycles. The smallest absolute Gasteiger partial charge is 0.125 e. The van der Waals surface area contributed by atoms with Crippen molar-refractivity contribution in [3.05, 3.63) is 52.8 Å². The van der Waals surface area contributed by atoms with E-state index in [1.165, 1.54) is 12.1 Å². The Balaban J connectivity index is 2.30. The maximum Gasteiger partial charge on any atom is 0.125 e. The summed E-state index contributed by atoms with van der Waals surface area (Å²) in [4.78, 5) is 0. The molecule has 2 aromatic carbocycles. The largest absolute Gasteiger partial charge is 0.508 e. The van der Waals surface area contributed by atoms with E-state index >= 15 is 0 Å². The lowest BCUT2D eigenvalue weighted by molar-refractivity contribution is 0.475. The van der Waals surface area contributed by atoms with Gasteiger partial charge in [-0.15, -0.1) is 0 Å². The third kappa shape index (κ3) is 2.52. The van der Waals surface area contributed by atoms with E-state index in [0.29, 0.717) is 11.4 Å². The maximum absolute atomic E-state index is 12.9. The molecule has 0 aliphatic heterocycles. The SMILES string of the molecule is Oc1ccc(Br)c(Nc2cccc(F)c2)c1. The van der Waals surface area contributed by atoms with E-state index in [1.807, 2.05) is 0 Å². The minimum absolute atomic E-state index is 0.155. The summed E-state index contributed by atoms with van der Waals surface area (Å²) in [5, 5.41) is 12.3. The lowest BCUT2D eigenvalue weighted by Gasteiger charge is -2.08. The van der Waals surface area contributed by atoms with Crippen molar-refractivity contribution in [1.82, 2.24) is 0 Å². The first kappa shape index (κ1) is 11.0. The Labute approximate surface area is 101 Å². The average Bonchev–Trinajstić information content (AvgIpc) is 2.24. The van der Waals surface area contributed by atoms with Crippen LogP contribution in [-0.2, 0) is 0 Å². The summed E-state index contributed by atoms with van der Waals surface area (Å²) in [6.45, 7) is 0. The molecule has 0 bridgehead atoms. The van der Waals surface area contributed by atoms with E-state index < -0.39 is 0 Å². The van der Waals surface area contributed by atoms with E-state index in [-0.39, 0.29) is 11.6 Å². The molecule has 0 aliphatic carbocycles. The van der Waals surface area contributed by atoms with Gasteiger partial charge >= 0.3 is 0 Å². The highest BCUT2D eigenvalue weighted by atomic mass is 79.9. The zero-order chi connectivity index (χ0) is 11.5. The molecule has 82 valence electrons. The van der Waals surface area contributed by atoms with Crippen LogP contribution in [0.15, 0.2) is 46.9 Å². The second-order valence-electron chi connectivity index (χ2n) is 3.30. The van der Waals surface area contributed by atoms with Crippen molar-refractivity contribution in [1.29, 1.82) is 0 Å². The average molecular weight is 282 g/mol. The minimum Gasteiger partial charge on any atom is -0.508 e. The molecule has 0 aliphatic rings. The summed E-state index contributed by atoms with van der Waals surface area (Å²) in [5.41, 5.74) is 1.32. The van der Waals surface area contributed by atoms with E-state index in [9.17, 15) is 9.50 Å². The lowest BCUT2D eigenvalue weighted by atomic mass is 10.2. The molecular formula is C12H9BrFNO. The molecule has 2 aromatic rings. The molecule has 0 saturated heterocycles. The predicted molar refractivity (Wildman–Crippen MR) is 65.5 cm³/mol. The van der Waals surface area contributed by atoms with Gasteiger partial charge in [0.15, 0.2) is 0 Å². The van der Waals surface area contributed by atoms with Gasteiger partial charge in [0.1, 0.15) is 11.6 Å². The number of aromatic hydroxyl groups is 1. The number of rotatable bonds is 2. The second-order valence-corrected chi connectivity index (χ2v) is 4.15. The molecular weight excluding hydrogens is 273 g/mol. The molecule has 2 rings (SSSR count). The molecule has 4 heteroatoms. The molecule has 0 unspecified atom stereocenters. The van der Waals surface area contributed by atoms with Gasteiger partial charge in [-0.1, -0.05) is 6.07 Å². The van der Waals surface area contributed by atoms with Crippen molar-refractivity contribution < 1.29 is 9.50 Å². The van der Waals surface area contributed by atoms with Gasteiger partial charge in [0, 0.05) is 16.2 Å². The van der Waals surface area contributed by atoms with Gasteiger partial charge in [-0.3, -0.25) is 0 Å². The van der Waals surface area contributed by atoms with Crippen molar-refractivity contribution in [3.8, 4) is 5.75 Å². The fourth-order valence-electron chi connectivity index (χ4n) is 1.33. The molecule has 0 atom stereocenters. The Hall–Kier alpha value is -1.55. The Morgan fingerprint density at radius 1 is 1.12 bits per heavy atom. The molecule has 0 amide bonds. The van der Waals surface area contributed by atoms with Crippen molar-refractivity contribution in [2.45, 2.75) is 0 Å². The summed E-state index contributed by atoms with van der Waals surface area (Å²) in [6, 6.07) is 11.0. The predicted octanol–water partition coefficient (Wildman–Crippen LogP) is 4.04. The van der Waals surface area contributed by atoms with Crippen LogP contribution >= 0.6 is 15.9 Å². The summed E-state index contributed by atoms with van der Waals surface area (Å²) in [7, 11) is 0. The van der Waals surface area contributed by atoms with Gasteiger partial charge in [0.25, 0.3) is 0 Å². The second kappa shape index (κ2) is 4.53. The van der Waals surface area contributed by atoms with Gasteiger partial charge in [-0.05, 0) is 46.3 Å². The van der Waals surface area contributed by atoms with Crippen LogP contribution < -0.4 is 5.32 Å². The third-order valence-corrected chi connectivity index (χ3v) is 2.75. The molecule has 2 nitrogen and oxygen atoms in total. The van der Waals surface area contributed by atoms with Crippen LogP contribution in [-0.4, -0.2) is 5.11 Å². The van der Waals surface area contributed by atoms with Crippen LogP contribution in [0.1, 0.15) is 0 Å². The van der Waals surface area contributed by atoms with Crippen LogP contribution in [0.2, 0.25) is 0 Å². The fourth-order valence-corrected chi connectivity index (χ4v) is 1.68. The zero-order valence-electron chi connectivity index (χ0n) is 8.24. The van der Waals surface area contributed by atoms with Crippen LogP contribution in [0.5, 0.6) is 5.75 Å². The van der Waals surface area contributed by atoms with Crippen LogP contribution in [0.25, 0.3) is 0 Å². The van der Waals surface area contributed by atoms with Gasteiger partial charge in [0.2, 0.25) is 0 Å². The van der Waals surface area contributed by atoms with Crippen molar-refractivity contribution in [2.75, 3.05) is 5.32 Å². The third-order valence-electron chi connectivity index (χ3n) is 2.05. The summed E-state index contributed by atoms with van der Waals surface area (Å²) < 4.78 is 13.7. The van der Waals surface area contributed by atoms with E-state index in [2.05, 4.69) is 21.2 Å². The van der Waals surface area contributed by atoms with Gasteiger partial charge in [-0.2, -0.15) is 0 Å². The molecule has 0 saturated carbocycles. The number of halogens is 2. The highest BCUT2D eigenvalue weighted by molar-refractivity contribution is 9.10. The summed E-state index contributed by atoms with van der Waals surface area (Å²) in [6.07, 6.45) is 0. The highest BCUT2D eigenvalue weighted by Crippen LogP contribution is 2.29. The number of anilines is 2. The first-order valence-corrected chi connectivity index (χ1v) is 5.45. The van der Waals surface area contributed by atoms with Crippen molar-refractivity contribution >= 4 is 27.3 Å². The zero-order valence-corrected chi connectivity index (χ0v) is 9.83. The number of nitrogens with one attached hydrogen (secondary N) is 1. The monoisotopic (exact) mass is 281 g/mol. The quantitative estimate of drug-likeness (QED) is 0.871. The molecule has 2 N–H and O–H groups in total. The first-order valence-electron chi connectivity index (χ1n) is 4.66. The standard InChI is InChI=1S/C12H9BrFNO/c13-11-5-4-10(16)7-12(11)15-9-3-1-2-8(14)6-9/h1-7,15-16H. The normalized spacial score (nSPS) is 10.1. The van der Waals surface area contributed by atoms with Crippen molar-refractivity contribution in [3.63, 3.8) is 0 Å². The molecule has 0 aromatic heterocycles. The van der Waals surface area contributed by atoms with E-state index in [0.717, 1.165) is 4.47 Å². The molecule has 16 heavy (non-hydrogen) atoms. The van der Waals surface area contributed by atoms with Crippen LogP contribution in [0.4, 0.5) is 15.8 Å². The van der Waals surface area contributed by atoms with Crippen LogP contribution in [0, 0.1) is 5.82 Å². The van der Waals surface area contributed by atoms with Gasteiger partial charge in [-0.25, -0.2) is 4.39 Å². The summed E-state index contributed by atoms with van der Waals surface area (Å²) in [5.74, 6) is -0.150. The Kier molecular flexibility index (Phi) is 3.10. The number of phenolic OH excluding ortho intramolecular Hbond substituents is 1. The molecule has 0 radical (unpaired) electrons. The number of hydrogen-bond donors (Lipinski definition) is 2. The Morgan fingerprint density at radius 3 is 2.69 bits per heavy atom. The van der Waals surface area contributed by atoms with Gasteiger partial charge < -0.3 is 10.4 Å². The molecule has 0 fully saturated rings. The van der Waals surface area contributed by atoms with Crippen molar-refractivity contribution in [2.24, 2.45) is 0 Å². The lowest BCUT2D eigenvalue weighted by Crippen LogP contribution is -1.91. The Bertz CT molecular complexity index is 516. The number of phenols is 1. The minimum atomic E-state index is -0.304. The molecule has 0 spiro atoms. The fraction of sp³-hybridized carbons (Fsp3) is 0. The topological polar surface area (TPSA) is 32.3 Å². The Morgan fingerprint density at radius 2 is 1.94 bits per heavy atom. The first-order chi connectivity index (χ1) is 7.65.